The monoisotopic (exact) mass is 789 g/mol. The fourth-order valence-corrected chi connectivity index (χ4v) is 7.47. The summed E-state index contributed by atoms with van der Waals surface area (Å²) in [7, 11) is -4.82. The minimum absolute atomic E-state index is 0.00456. The molecule has 1 saturated carbocycles. The molecule has 0 radical (unpaired) electrons. The second-order valence-electron chi connectivity index (χ2n) is 15.9. The maximum atomic E-state index is 12.5. The molecule has 0 aromatic heterocycles. The van der Waals surface area contributed by atoms with Crippen LogP contribution in [0.15, 0.2) is 12.2 Å². The van der Waals surface area contributed by atoms with Crippen molar-refractivity contribution < 1.29 is 52.9 Å². The highest BCUT2D eigenvalue weighted by Gasteiger charge is 2.39. The first-order valence-electron chi connectivity index (χ1n) is 21.4. The molecular formula is C42H77O11P. The number of aliphatic hydroxyl groups is 2. The molecule has 4 N–H and O–H groups in total. The van der Waals surface area contributed by atoms with E-state index in [4.69, 9.17) is 19.3 Å². The van der Waals surface area contributed by atoms with Gasteiger partial charge in [-0.3, -0.25) is 18.9 Å². The predicted molar refractivity (Wildman–Crippen MR) is 213 cm³/mol. The number of Topliss-reactive ketones (excluding diaryl/α,β-unsaturated/α-hetero) is 1. The Morgan fingerprint density at radius 2 is 1.28 bits per heavy atom. The van der Waals surface area contributed by atoms with Gasteiger partial charge in [0.15, 0.2) is 6.10 Å². The summed E-state index contributed by atoms with van der Waals surface area (Å²) in [5.41, 5.74) is 0. The van der Waals surface area contributed by atoms with Crippen molar-refractivity contribution in [1.82, 2.24) is 0 Å². The normalized spacial score (nSPS) is 18.8. The Kier molecular flexibility index (Phi) is 29.4. The first kappa shape index (κ1) is 50.4. The standard InChI is InChI=1S/C42H77O11P/c1-4-5-19-25-35(43)29-30-38-37(39(44)31-40(38)45)26-21-17-18-23-28-42(47)53-36(33-52-54(48,49)50)32-51-41(46)27-22-16-14-12-10-8-6-7-9-11-13-15-20-24-34(2)3/h29-30,34-39,43-44H,4-28,31-33H2,1-3H3,(H2,48,49,50)/b30-29+/t35-,36+,37+,38+,39-/m0/s1. The van der Waals surface area contributed by atoms with Gasteiger partial charge >= 0.3 is 19.8 Å². The van der Waals surface area contributed by atoms with E-state index in [2.05, 4.69) is 25.3 Å². The lowest BCUT2D eigenvalue weighted by atomic mass is 9.88. The number of esters is 2. The van der Waals surface area contributed by atoms with Crippen LogP contribution in [0, 0.1) is 17.8 Å². The molecule has 11 nitrogen and oxygen atoms in total. The average Bonchev–Trinajstić information content (AvgIpc) is 3.38. The Labute approximate surface area is 327 Å². The topological polar surface area (TPSA) is 177 Å². The summed E-state index contributed by atoms with van der Waals surface area (Å²) < 4.78 is 26.4. The van der Waals surface area contributed by atoms with Gasteiger partial charge in [0.1, 0.15) is 12.4 Å². The third-order valence-electron chi connectivity index (χ3n) is 10.4. The lowest BCUT2D eigenvalue weighted by Crippen LogP contribution is -2.29. The predicted octanol–water partition coefficient (Wildman–Crippen LogP) is 9.46. The number of carbonyl (C=O) groups excluding carboxylic acids is 3. The highest BCUT2D eigenvalue weighted by Crippen LogP contribution is 2.36. The van der Waals surface area contributed by atoms with E-state index in [0.29, 0.717) is 32.1 Å². The second-order valence-corrected chi connectivity index (χ2v) is 17.2. The molecule has 0 saturated heterocycles. The van der Waals surface area contributed by atoms with Crippen molar-refractivity contribution in [2.75, 3.05) is 13.2 Å². The van der Waals surface area contributed by atoms with E-state index in [1.165, 1.54) is 64.2 Å². The van der Waals surface area contributed by atoms with Crippen molar-refractivity contribution >= 4 is 25.5 Å². The lowest BCUT2D eigenvalue weighted by molar-refractivity contribution is -0.161. The summed E-state index contributed by atoms with van der Waals surface area (Å²) in [6, 6.07) is 0. The van der Waals surface area contributed by atoms with Crippen LogP contribution in [0.25, 0.3) is 0 Å². The zero-order chi connectivity index (χ0) is 40.0. The summed E-state index contributed by atoms with van der Waals surface area (Å²) >= 11 is 0. The molecule has 0 bridgehead atoms. The van der Waals surface area contributed by atoms with Gasteiger partial charge in [0, 0.05) is 25.2 Å². The van der Waals surface area contributed by atoms with Gasteiger partial charge in [0.25, 0.3) is 0 Å². The molecule has 0 heterocycles. The fraction of sp³-hybridized carbons (Fsp3) is 0.881. The summed E-state index contributed by atoms with van der Waals surface area (Å²) in [4.78, 5) is 55.6. The van der Waals surface area contributed by atoms with Crippen LogP contribution in [-0.4, -0.2) is 69.2 Å². The molecule has 0 unspecified atom stereocenters. The van der Waals surface area contributed by atoms with Crippen LogP contribution < -0.4 is 0 Å². The number of unbranched alkanes of at least 4 members (excludes halogenated alkanes) is 17. The van der Waals surface area contributed by atoms with Crippen LogP contribution >= 0.6 is 7.82 Å². The Hall–Kier alpha value is -1.62. The Morgan fingerprint density at radius 1 is 0.759 bits per heavy atom. The third kappa shape index (κ3) is 27.9. The molecule has 54 heavy (non-hydrogen) atoms. The molecule has 0 spiro atoms. The van der Waals surface area contributed by atoms with E-state index in [-0.39, 0.29) is 37.6 Å². The Bertz CT molecular complexity index is 1060. The summed E-state index contributed by atoms with van der Waals surface area (Å²) in [6.45, 7) is 5.72. The molecule has 1 aliphatic carbocycles. The average molecular weight is 789 g/mol. The van der Waals surface area contributed by atoms with Gasteiger partial charge in [-0.15, -0.1) is 0 Å². The van der Waals surface area contributed by atoms with Gasteiger partial charge in [-0.05, 0) is 37.5 Å². The van der Waals surface area contributed by atoms with E-state index in [1.54, 1.807) is 12.2 Å². The SMILES string of the molecule is CCCCC[C@H](O)/C=C/[C@H]1C(=O)C[C@H](O)[C@@H]1CCCCCCC(=O)O[C@H](COC(=O)CCCCCCCCCCCCCCCC(C)C)COP(=O)(O)O. The summed E-state index contributed by atoms with van der Waals surface area (Å²) in [5.74, 6) is -0.816. The number of ether oxygens (including phenoxy) is 2. The van der Waals surface area contributed by atoms with Crippen molar-refractivity contribution in [3.05, 3.63) is 12.2 Å². The quantitative estimate of drug-likeness (QED) is 0.0208. The van der Waals surface area contributed by atoms with Crippen LogP contribution in [0.2, 0.25) is 0 Å². The minimum Gasteiger partial charge on any atom is -0.462 e. The molecule has 316 valence electrons. The van der Waals surface area contributed by atoms with E-state index in [9.17, 15) is 29.2 Å². The van der Waals surface area contributed by atoms with Crippen LogP contribution in [-0.2, 0) is 32.9 Å². The lowest BCUT2D eigenvalue weighted by Gasteiger charge is -2.19. The molecule has 1 rings (SSSR count). The number of hydrogen-bond donors (Lipinski definition) is 4. The first-order valence-corrected chi connectivity index (χ1v) is 23.0. The molecule has 12 heteroatoms. The van der Waals surface area contributed by atoms with E-state index >= 15 is 0 Å². The molecule has 0 amide bonds. The number of phosphoric acid groups is 1. The summed E-state index contributed by atoms with van der Waals surface area (Å²) in [6.07, 6.45) is 25.6. The van der Waals surface area contributed by atoms with Gasteiger partial charge in [-0.2, -0.15) is 0 Å². The maximum Gasteiger partial charge on any atom is 0.469 e. The van der Waals surface area contributed by atoms with Crippen molar-refractivity contribution in [1.29, 1.82) is 0 Å². The van der Waals surface area contributed by atoms with E-state index in [1.807, 2.05) is 0 Å². The number of allylic oxidation sites excluding steroid dienone is 1. The number of carbonyl (C=O) groups is 3. The van der Waals surface area contributed by atoms with Crippen molar-refractivity contribution in [2.24, 2.45) is 17.8 Å². The van der Waals surface area contributed by atoms with E-state index in [0.717, 1.165) is 57.3 Å². The van der Waals surface area contributed by atoms with E-state index < -0.39 is 50.6 Å². The Balaban J connectivity index is 2.24. The molecule has 1 fully saturated rings. The highest BCUT2D eigenvalue weighted by molar-refractivity contribution is 7.46. The van der Waals surface area contributed by atoms with Crippen LogP contribution in [0.4, 0.5) is 0 Å². The molecule has 0 aromatic carbocycles. The second kappa shape index (κ2) is 31.5. The number of hydrogen-bond acceptors (Lipinski definition) is 9. The molecule has 1 aliphatic rings. The number of phosphoric ester groups is 1. The van der Waals surface area contributed by atoms with Crippen LogP contribution in [0.5, 0.6) is 0 Å². The molecule has 5 atom stereocenters. The van der Waals surface area contributed by atoms with Crippen LogP contribution in [0.1, 0.15) is 188 Å². The third-order valence-corrected chi connectivity index (χ3v) is 10.9. The van der Waals surface area contributed by atoms with Crippen LogP contribution in [0.3, 0.4) is 0 Å². The molecule has 0 aromatic rings. The van der Waals surface area contributed by atoms with Gasteiger partial charge < -0.3 is 29.5 Å². The van der Waals surface area contributed by atoms with Gasteiger partial charge in [0.2, 0.25) is 0 Å². The minimum atomic E-state index is -4.82. The van der Waals surface area contributed by atoms with Crippen molar-refractivity contribution in [3.8, 4) is 0 Å². The maximum absolute atomic E-state index is 12.5. The van der Waals surface area contributed by atoms with Gasteiger partial charge in [-0.25, -0.2) is 4.57 Å². The first-order chi connectivity index (χ1) is 25.8. The molecular weight excluding hydrogens is 711 g/mol. The number of rotatable bonds is 35. The highest BCUT2D eigenvalue weighted by atomic mass is 31.2. The van der Waals surface area contributed by atoms with Gasteiger partial charge in [-0.1, -0.05) is 155 Å². The number of ketones is 1. The Morgan fingerprint density at radius 3 is 1.83 bits per heavy atom. The zero-order valence-corrected chi connectivity index (χ0v) is 34.9. The zero-order valence-electron chi connectivity index (χ0n) is 34.0. The number of aliphatic hydroxyl groups excluding tert-OH is 2. The van der Waals surface area contributed by atoms with Crippen molar-refractivity contribution in [2.45, 2.75) is 206 Å². The largest absolute Gasteiger partial charge is 0.469 e. The molecule has 0 aliphatic heterocycles. The van der Waals surface area contributed by atoms with Gasteiger partial charge in [0.05, 0.1) is 18.8 Å². The smallest absolute Gasteiger partial charge is 0.462 e. The summed E-state index contributed by atoms with van der Waals surface area (Å²) in [5, 5.41) is 20.7. The van der Waals surface area contributed by atoms with Crippen molar-refractivity contribution in [3.63, 3.8) is 0 Å². The fourth-order valence-electron chi connectivity index (χ4n) is 7.11.